The number of aryl methyl sites for hydroxylation is 3. The van der Waals surface area contributed by atoms with Crippen LogP contribution in [0.5, 0.6) is 5.75 Å². The van der Waals surface area contributed by atoms with Crippen molar-refractivity contribution >= 4 is 11.8 Å². The zero-order valence-electron chi connectivity index (χ0n) is 19.0. The zero-order valence-corrected chi connectivity index (χ0v) is 19.0. The number of benzene rings is 2. The number of hydrogen-bond donors (Lipinski definition) is 1. The Morgan fingerprint density at radius 3 is 2.27 bits per heavy atom. The van der Waals surface area contributed by atoms with Crippen molar-refractivity contribution < 1.29 is 14.3 Å². The standard InChI is InChI=1S/C25H34N2O3/c1-7-20(5)26-25(29)21(6)27(15-22-10-8-9-17(2)12-22)24(28)16-30-23-13-18(3)11-19(4)14-23/h8-14,20-21H,7,15-16H2,1-6H3,(H,26,29)/t20-,21+/m0/s1. The van der Waals surface area contributed by atoms with Gasteiger partial charge in [0.25, 0.3) is 5.91 Å². The zero-order chi connectivity index (χ0) is 22.3. The Hall–Kier alpha value is -2.82. The molecule has 5 heteroatoms. The summed E-state index contributed by atoms with van der Waals surface area (Å²) in [4.78, 5) is 27.4. The van der Waals surface area contributed by atoms with E-state index in [2.05, 4.69) is 11.4 Å². The van der Waals surface area contributed by atoms with Crippen LogP contribution in [-0.2, 0) is 16.1 Å². The fourth-order valence-electron chi connectivity index (χ4n) is 3.30. The Bertz CT molecular complexity index is 858. The predicted octanol–water partition coefficient (Wildman–Crippen LogP) is 4.32. The minimum absolute atomic E-state index is 0.0578. The van der Waals surface area contributed by atoms with Crippen molar-refractivity contribution in [3.8, 4) is 5.75 Å². The molecule has 0 bridgehead atoms. The number of ether oxygens (including phenoxy) is 1. The summed E-state index contributed by atoms with van der Waals surface area (Å²) >= 11 is 0. The number of nitrogens with one attached hydrogen (secondary N) is 1. The van der Waals surface area contributed by atoms with Gasteiger partial charge < -0.3 is 15.0 Å². The van der Waals surface area contributed by atoms with Gasteiger partial charge in [-0.2, -0.15) is 0 Å². The summed E-state index contributed by atoms with van der Waals surface area (Å²) in [6, 6.07) is 13.3. The van der Waals surface area contributed by atoms with Crippen molar-refractivity contribution in [2.75, 3.05) is 6.61 Å². The molecule has 162 valence electrons. The summed E-state index contributed by atoms with van der Waals surface area (Å²) in [7, 11) is 0. The lowest BCUT2D eigenvalue weighted by Crippen LogP contribution is -2.50. The van der Waals surface area contributed by atoms with Crippen LogP contribution in [0, 0.1) is 20.8 Å². The molecule has 0 unspecified atom stereocenters. The molecule has 2 aromatic rings. The van der Waals surface area contributed by atoms with E-state index in [1.807, 2.05) is 71.0 Å². The third-order valence-electron chi connectivity index (χ3n) is 5.16. The van der Waals surface area contributed by atoms with Gasteiger partial charge in [-0.1, -0.05) is 42.8 Å². The monoisotopic (exact) mass is 410 g/mol. The highest BCUT2D eigenvalue weighted by molar-refractivity contribution is 5.88. The largest absolute Gasteiger partial charge is 0.484 e. The number of carbonyl (C=O) groups excluding carboxylic acids is 2. The minimum Gasteiger partial charge on any atom is -0.484 e. The van der Waals surface area contributed by atoms with Crippen LogP contribution in [0.15, 0.2) is 42.5 Å². The van der Waals surface area contributed by atoms with E-state index in [0.29, 0.717) is 12.3 Å². The van der Waals surface area contributed by atoms with Gasteiger partial charge in [-0.15, -0.1) is 0 Å². The molecule has 0 aliphatic carbocycles. The van der Waals surface area contributed by atoms with E-state index in [4.69, 9.17) is 4.74 Å². The van der Waals surface area contributed by atoms with Gasteiger partial charge in [-0.25, -0.2) is 0 Å². The smallest absolute Gasteiger partial charge is 0.261 e. The van der Waals surface area contributed by atoms with Crippen LogP contribution < -0.4 is 10.1 Å². The van der Waals surface area contributed by atoms with Crippen LogP contribution in [0.3, 0.4) is 0 Å². The van der Waals surface area contributed by atoms with E-state index in [0.717, 1.165) is 28.7 Å². The third kappa shape index (κ3) is 6.90. The summed E-state index contributed by atoms with van der Waals surface area (Å²) in [5.41, 5.74) is 4.26. The maximum atomic E-state index is 13.1. The first-order valence-electron chi connectivity index (χ1n) is 10.6. The highest BCUT2D eigenvalue weighted by Gasteiger charge is 2.27. The molecule has 0 saturated carbocycles. The molecule has 1 N–H and O–H groups in total. The van der Waals surface area contributed by atoms with Gasteiger partial charge >= 0.3 is 0 Å². The van der Waals surface area contributed by atoms with Crippen molar-refractivity contribution in [1.82, 2.24) is 10.2 Å². The first kappa shape index (κ1) is 23.5. The lowest BCUT2D eigenvalue weighted by Gasteiger charge is -2.29. The SMILES string of the molecule is CC[C@H](C)NC(=O)[C@@H](C)N(Cc1cccc(C)c1)C(=O)COc1cc(C)cc(C)c1. The van der Waals surface area contributed by atoms with Gasteiger partial charge in [0.15, 0.2) is 6.61 Å². The van der Waals surface area contributed by atoms with Crippen LogP contribution in [0.4, 0.5) is 0 Å². The molecule has 0 aliphatic heterocycles. The molecular weight excluding hydrogens is 376 g/mol. The van der Waals surface area contributed by atoms with Crippen LogP contribution in [0.2, 0.25) is 0 Å². The number of rotatable bonds is 9. The van der Waals surface area contributed by atoms with E-state index in [1.54, 1.807) is 11.8 Å². The normalized spacial score (nSPS) is 12.7. The van der Waals surface area contributed by atoms with E-state index in [1.165, 1.54) is 0 Å². The molecule has 5 nitrogen and oxygen atoms in total. The molecule has 2 amide bonds. The Labute approximate surface area is 180 Å². The Balaban J connectivity index is 2.17. The van der Waals surface area contributed by atoms with Crippen molar-refractivity contribution in [3.05, 3.63) is 64.7 Å². The topological polar surface area (TPSA) is 58.6 Å². The van der Waals surface area contributed by atoms with Crippen LogP contribution in [-0.4, -0.2) is 35.4 Å². The lowest BCUT2D eigenvalue weighted by atomic mass is 10.1. The van der Waals surface area contributed by atoms with Crippen LogP contribution >= 0.6 is 0 Å². The van der Waals surface area contributed by atoms with Crippen molar-refractivity contribution in [1.29, 1.82) is 0 Å². The molecular formula is C25H34N2O3. The molecule has 0 radical (unpaired) electrons. The molecule has 0 spiro atoms. The average molecular weight is 411 g/mol. The Kier molecular flexibility index (Phi) is 8.46. The second kappa shape index (κ2) is 10.8. The molecule has 0 aromatic heterocycles. The highest BCUT2D eigenvalue weighted by atomic mass is 16.5. The quantitative estimate of drug-likeness (QED) is 0.670. The Morgan fingerprint density at radius 1 is 1.00 bits per heavy atom. The summed E-state index contributed by atoms with van der Waals surface area (Å²) in [6.45, 7) is 12.0. The predicted molar refractivity (Wildman–Crippen MR) is 120 cm³/mol. The van der Waals surface area contributed by atoms with Crippen LogP contribution in [0.1, 0.15) is 49.4 Å². The highest BCUT2D eigenvalue weighted by Crippen LogP contribution is 2.17. The van der Waals surface area contributed by atoms with Crippen molar-refractivity contribution in [2.24, 2.45) is 0 Å². The van der Waals surface area contributed by atoms with Crippen molar-refractivity contribution in [3.63, 3.8) is 0 Å². The van der Waals surface area contributed by atoms with Crippen molar-refractivity contribution in [2.45, 2.75) is 66.6 Å². The summed E-state index contributed by atoms with van der Waals surface area (Å²) in [5.74, 6) is 0.285. The number of carbonyl (C=O) groups is 2. The van der Waals surface area contributed by atoms with Gasteiger partial charge in [-0.05, 0) is 69.9 Å². The molecule has 0 saturated heterocycles. The van der Waals surface area contributed by atoms with Gasteiger partial charge in [-0.3, -0.25) is 9.59 Å². The summed E-state index contributed by atoms with van der Waals surface area (Å²) < 4.78 is 5.78. The van der Waals surface area contributed by atoms with E-state index < -0.39 is 6.04 Å². The lowest BCUT2D eigenvalue weighted by molar-refractivity contribution is -0.142. The van der Waals surface area contributed by atoms with E-state index in [-0.39, 0.29) is 24.5 Å². The minimum atomic E-state index is -0.602. The number of amides is 2. The average Bonchev–Trinajstić information content (AvgIpc) is 2.69. The van der Waals surface area contributed by atoms with Gasteiger partial charge in [0.1, 0.15) is 11.8 Å². The number of nitrogens with zero attached hydrogens (tertiary/aromatic N) is 1. The molecule has 2 aromatic carbocycles. The first-order valence-corrected chi connectivity index (χ1v) is 10.6. The molecule has 30 heavy (non-hydrogen) atoms. The molecule has 0 aliphatic rings. The second-order valence-corrected chi connectivity index (χ2v) is 8.12. The van der Waals surface area contributed by atoms with Gasteiger partial charge in [0.05, 0.1) is 0 Å². The second-order valence-electron chi connectivity index (χ2n) is 8.12. The van der Waals surface area contributed by atoms with Gasteiger partial charge in [0, 0.05) is 12.6 Å². The maximum Gasteiger partial charge on any atom is 0.261 e. The third-order valence-corrected chi connectivity index (χ3v) is 5.16. The van der Waals surface area contributed by atoms with E-state index in [9.17, 15) is 9.59 Å². The Morgan fingerprint density at radius 2 is 1.67 bits per heavy atom. The molecule has 0 fully saturated rings. The maximum absolute atomic E-state index is 13.1. The summed E-state index contributed by atoms with van der Waals surface area (Å²) in [5, 5.41) is 2.98. The van der Waals surface area contributed by atoms with E-state index >= 15 is 0 Å². The summed E-state index contributed by atoms with van der Waals surface area (Å²) in [6.07, 6.45) is 0.833. The van der Waals surface area contributed by atoms with Gasteiger partial charge in [0.2, 0.25) is 5.91 Å². The first-order chi connectivity index (χ1) is 14.2. The fraction of sp³-hybridized carbons (Fsp3) is 0.440. The molecule has 2 rings (SSSR count). The fourth-order valence-corrected chi connectivity index (χ4v) is 3.30. The molecule has 0 heterocycles. The van der Waals surface area contributed by atoms with Crippen LogP contribution in [0.25, 0.3) is 0 Å². The molecule has 2 atom stereocenters. The number of hydrogen-bond acceptors (Lipinski definition) is 3.